The third-order valence-electron chi connectivity index (χ3n) is 4.73. The van der Waals surface area contributed by atoms with Gasteiger partial charge in [0.15, 0.2) is 0 Å². The monoisotopic (exact) mass is 324 g/mol. The number of nitriles is 1. The van der Waals surface area contributed by atoms with Crippen LogP contribution in [0.15, 0.2) is 0 Å². The highest BCUT2D eigenvalue weighted by Gasteiger charge is 2.29. The van der Waals surface area contributed by atoms with Crippen molar-refractivity contribution < 1.29 is 9.90 Å². The molecule has 0 unspecified atom stereocenters. The van der Waals surface area contributed by atoms with Crippen LogP contribution >= 0.6 is 0 Å². The highest BCUT2D eigenvalue weighted by molar-refractivity contribution is 5.79. The highest BCUT2D eigenvalue weighted by Crippen LogP contribution is 2.17. The maximum Gasteiger partial charge on any atom is 0.235 e. The molecule has 1 heterocycles. The SMILES string of the molecule is CC(C)[C@](C)(C#N)NC(=O)CNCC1CCN(C[C@H](C)O)CC1. The summed E-state index contributed by atoms with van der Waals surface area (Å²) in [7, 11) is 0. The number of nitrogens with one attached hydrogen (secondary N) is 2. The molecular formula is C17H32N4O2. The summed E-state index contributed by atoms with van der Waals surface area (Å²) in [5.74, 6) is 0.504. The first-order valence-corrected chi connectivity index (χ1v) is 8.60. The number of aliphatic hydroxyl groups is 1. The van der Waals surface area contributed by atoms with E-state index in [1.54, 1.807) is 6.92 Å². The van der Waals surface area contributed by atoms with E-state index >= 15 is 0 Å². The van der Waals surface area contributed by atoms with Crippen LogP contribution in [0.4, 0.5) is 0 Å². The number of hydrogen-bond donors (Lipinski definition) is 3. The molecule has 1 rings (SSSR count). The van der Waals surface area contributed by atoms with Gasteiger partial charge in [-0.15, -0.1) is 0 Å². The Hall–Kier alpha value is -1.16. The van der Waals surface area contributed by atoms with Gasteiger partial charge in [-0.2, -0.15) is 5.26 Å². The summed E-state index contributed by atoms with van der Waals surface area (Å²) in [4.78, 5) is 14.3. The quantitative estimate of drug-likeness (QED) is 0.612. The number of piperidine rings is 1. The largest absolute Gasteiger partial charge is 0.392 e. The van der Waals surface area contributed by atoms with Gasteiger partial charge < -0.3 is 20.6 Å². The number of hydrogen-bond acceptors (Lipinski definition) is 5. The van der Waals surface area contributed by atoms with Crippen LogP contribution in [-0.4, -0.2) is 60.3 Å². The second-order valence-corrected chi connectivity index (χ2v) is 7.24. The van der Waals surface area contributed by atoms with E-state index in [1.807, 2.05) is 20.8 Å². The standard InChI is InChI=1S/C17H32N4O2/c1-13(2)17(4,12-18)20-16(23)10-19-9-15-5-7-21(8-6-15)11-14(3)22/h13-15,19,22H,5-11H2,1-4H3,(H,20,23)/t14-,17-/m0/s1. The number of likely N-dealkylation sites (tertiary alicyclic amines) is 1. The van der Waals surface area contributed by atoms with Crippen molar-refractivity contribution in [2.45, 2.75) is 52.2 Å². The Balaban J connectivity index is 2.23. The van der Waals surface area contributed by atoms with E-state index in [1.165, 1.54) is 0 Å². The van der Waals surface area contributed by atoms with Crippen LogP contribution in [0.5, 0.6) is 0 Å². The van der Waals surface area contributed by atoms with Crippen molar-refractivity contribution in [3.8, 4) is 6.07 Å². The first-order valence-electron chi connectivity index (χ1n) is 8.60. The lowest BCUT2D eigenvalue weighted by atomic mass is 9.90. The van der Waals surface area contributed by atoms with E-state index < -0.39 is 5.54 Å². The number of rotatable bonds is 8. The maximum absolute atomic E-state index is 12.0. The third-order valence-corrected chi connectivity index (χ3v) is 4.73. The summed E-state index contributed by atoms with van der Waals surface area (Å²) in [5.41, 5.74) is -0.814. The Morgan fingerprint density at radius 2 is 2.00 bits per heavy atom. The van der Waals surface area contributed by atoms with Gasteiger partial charge in [0.25, 0.3) is 0 Å². The zero-order valence-electron chi connectivity index (χ0n) is 14.9. The lowest BCUT2D eigenvalue weighted by molar-refractivity contribution is -0.121. The molecule has 2 atom stereocenters. The average Bonchev–Trinajstić information content (AvgIpc) is 2.48. The van der Waals surface area contributed by atoms with Crippen molar-refractivity contribution in [3.63, 3.8) is 0 Å². The summed E-state index contributed by atoms with van der Waals surface area (Å²) in [6.45, 7) is 11.2. The van der Waals surface area contributed by atoms with Gasteiger partial charge in [0, 0.05) is 6.54 Å². The minimum absolute atomic E-state index is 0.0645. The molecule has 6 heteroatoms. The molecule has 0 saturated carbocycles. The molecular weight excluding hydrogens is 292 g/mol. The van der Waals surface area contributed by atoms with Crippen LogP contribution in [0.1, 0.15) is 40.5 Å². The van der Waals surface area contributed by atoms with Crippen molar-refractivity contribution in [1.82, 2.24) is 15.5 Å². The molecule has 1 saturated heterocycles. The second kappa shape index (κ2) is 9.21. The highest BCUT2D eigenvalue weighted by atomic mass is 16.3. The fourth-order valence-corrected chi connectivity index (χ4v) is 2.77. The third kappa shape index (κ3) is 6.86. The van der Waals surface area contributed by atoms with E-state index in [0.29, 0.717) is 5.92 Å². The Morgan fingerprint density at radius 1 is 1.39 bits per heavy atom. The van der Waals surface area contributed by atoms with Crippen molar-refractivity contribution in [2.24, 2.45) is 11.8 Å². The fourth-order valence-electron chi connectivity index (χ4n) is 2.77. The molecule has 1 aliphatic heterocycles. The first-order chi connectivity index (χ1) is 10.8. The van der Waals surface area contributed by atoms with Crippen LogP contribution in [0.2, 0.25) is 0 Å². The van der Waals surface area contributed by atoms with Crippen LogP contribution in [0, 0.1) is 23.2 Å². The number of carbonyl (C=O) groups is 1. The molecule has 0 spiro atoms. The van der Waals surface area contributed by atoms with Crippen LogP contribution < -0.4 is 10.6 Å². The molecule has 3 N–H and O–H groups in total. The number of nitrogens with zero attached hydrogens (tertiary/aromatic N) is 2. The number of amides is 1. The van der Waals surface area contributed by atoms with Gasteiger partial charge in [0.2, 0.25) is 5.91 Å². The fraction of sp³-hybridized carbons (Fsp3) is 0.882. The van der Waals surface area contributed by atoms with Crippen molar-refractivity contribution in [3.05, 3.63) is 0 Å². The van der Waals surface area contributed by atoms with E-state index in [-0.39, 0.29) is 24.5 Å². The van der Waals surface area contributed by atoms with E-state index in [2.05, 4.69) is 21.6 Å². The number of carbonyl (C=O) groups excluding carboxylic acids is 1. The maximum atomic E-state index is 12.0. The molecule has 1 fully saturated rings. The number of β-amino-alcohol motifs (C(OH)–C–C–N with tert-alkyl or cyclic N) is 1. The average molecular weight is 324 g/mol. The minimum Gasteiger partial charge on any atom is -0.392 e. The molecule has 1 aliphatic rings. The van der Waals surface area contributed by atoms with Gasteiger partial charge in [-0.1, -0.05) is 13.8 Å². The van der Waals surface area contributed by atoms with Crippen LogP contribution in [0.3, 0.4) is 0 Å². The summed E-state index contributed by atoms with van der Waals surface area (Å²) in [6, 6.07) is 2.18. The zero-order chi connectivity index (χ0) is 17.5. The van der Waals surface area contributed by atoms with Gasteiger partial charge in [-0.25, -0.2) is 0 Å². The summed E-state index contributed by atoms with van der Waals surface area (Å²) >= 11 is 0. The summed E-state index contributed by atoms with van der Waals surface area (Å²) in [6.07, 6.45) is 1.90. The van der Waals surface area contributed by atoms with Crippen molar-refractivity contribution in [1.29, 1.82) is 5.26 Å². The molecule has 0 aromatic carbocycles. The molecule has 0 radical (unpaired) electrons. The van der Waals surface area contributed by atoms with Crippen molar-refractivity contribution >= 4 is 5.91 Å². The smallest absolute Gasteiger partial charge is 0.235 e. The predicted octanol–water partition coefficient (Wildman–Crippen LogP) is 0.723. The Morgan fingerprint density at radius 3 is 2.48 bits per heavy atom. The minimum atomic E-state index is -0.814. The number of aliphatic hydroxyl groups excluding tert-OH is 1. The summed E-state index contributed by atoms with van der Waals surface area (Å²) < 4.78 is 0. The van der Waals surface area contributed by atoms with Crippen LogP contribution in [-0.2, 0) is 4.79 Å². The molecule has 132 valence electrons. The molecule has 0 bridgehead atoms. The molecule has 6 nitrogen and oxygen atoms in total. The zero-order valence-corrected chi connectivity index (χ0v) is 14.9. The lowest BCUT2D eigenvalue weighted by Gasteiger charge is -2.32. The van der Waals surface area contributed by atoms with Gasteiger partial charge in [0.1, 0.15) is 5.54 Å². The van der Waals surface area contributed by atoms with Gasteiger partial charge in [-0.05, 0) is 58.2 Å². The Kier molecular flexibility index (Phi) is 7.97. The normalized spacial score (nSPS) is 20.7. The van der Waals surface area contributed by atoms with Gasteiger partial charge in [0.05, 0.1) is 18.7 Å². The molecule has 1 amide bonds. The molecule has 0 aromatic rings. The van der Waals surface area contributed by atoms with Gasteiger partial charge >= 0.3 is 0 Å². The predicted molar refractivity (Wildman–Crippen MR) is 90.7 cm³/mol. The Bertz CT molecular complexity index is 411. The van der Waals surface area contributed by atoms with Crippen LogP contribution in [0.25, 0.3) is 0 Å². The van der Waals surface area contributed by atoms with E-state index in [0.717, 1.165) is 39.0 Å². The van der Waals surface area contributed by atoms with Gasteiger partial charge in [-0.3, -0.25) is 4.79 Å². The molecule has 0 aromatic heterocycles. The van der Waals surface area contributed by atoms with Crippen molar-refractivity contribution in [2.75, 3.05) is 32.7 Å². The lowest BCUT2D eigenvalue weighted by Crippen LogP contribution is -2.51. The molecule has 23 heavy (non-hydrogen) atoms. The topological polar surface area (TPSA) is 88.4 Å². The Labute approximate surface area is 140 Å². The van der Waals surface area contributed by atoms with E-state index in [4.69, 9.17) is 0 Å². The first kappa shape index (κ1) is 19.9. The second-order valence-electron chi connectivity index (χ2n) is 7.24. The van der Waals surface area contributed by atoms with E-state index in [9.17, 15) is 15.2 Å². The summed E-state index contributed by atoms with van der Waals surface area (Å²) in [5, 5.41) is 24.6. The molecule has 0 aliphatic carbocycles.